The number of rotatable bonds is 13. The lowest BCUT2D eigenvalue weighted by molar-refractivity contribution is 0.288. The molecule has 0 aromatic carbocycles. The minimum Gasteiger partial charge on any atom is -0.463 e. The first-order valence-corrected chi connectivity index (χ1v) is 11.2. The van der Waals surface area contributed by atoms with Crippen molar-refractivity contribution in [3.05, 3.63) is 59.2 Å². The molecule has 6 nitrogen and oxygen atoms in total. The Morgan fingerprint density at radius 2 is 2.03 bits per heavy atom. The monoisotopic (exact) mass is 441 g/mol. The summed E-state index contributed by atoms with van der Waals surface area (Å²) in [6.45, 7) is 19.5. The lowest BCUT2D eigenvalue weighted by atomic mass is 10.1. The van der Waals surface area contributed by atoms with Crippen molar-refractivity contribution in [1.29, 1.82) is 5.41 Å². The highest BCUT2D eigenvalue weighted by Crippen LogP contribution is 2.21. The molecule has 0 aliphatic heterocycles. The first-order chi connectivity index (χ1) is 14.8. The molecule has 0 saturated carbocycles. The number of nitrogens with one attached hydrogen (secondary N) is 2. The first kappa shape index (κ1) is 26.4. The molecular weight excluding hydrogens is 406 g/mol. The molecule has 31 heavy (non-hydrogen) atoms. The van der Waals surface area contributed by atoms with Crippen molar-refractivity contribution in [2.75, 3.05) is 25.0 Å². The van der Waals surface area contributed by atoms with Gasteiger partial charge in [0.1, 0.15) is 5.82 Å². The second-order valence-electron chi connectivity index (χ2n) is 6.86. The average molecular weight is 442 g/mol. The molecule has 1 heterocycles. The van der Waals surface area contributed by atoms with E-state index in [1.54, 1.807) is 23.9 Å². The van der Waals surface area contributed by atoms with Gasteiger partial charge < -0.3 is 15.5 Å². The van der Waals surface area contributed by atoms with E-state index in [1.165, 1.54) is 0 Å². The Morgan fingerprint density at radius 3 is 2.68 bits per heavy atom. The summed E-state index contributed by atoms with van der Waals surface area (Å²) in [6, 6.07) is 0.345. The van der Waals surface area contributed by atoms with Gasteiger partial charge in [0, 0.05) is 35.0 Å². The van der Waals surface area contributed by atoms with Crippen LogP contribution in [0.1, 0.15) is 44.9 Å². The number of aryl methyl sites for hydroxylation is 1. The number of hydrogen-bond acceptors (Lipinski definition) is 7. The van der Waals surface area contributed by atoms with Crippen molar-refractivity contribution in [1.82, 2.24) is 9.97 Å². The number of aromatic nitrogens is 2. The maximum Gasteiger partial charge on any atom is 0.318 e. The minimum atomic E-state index is 0.345. The largest absolute Gasteiger partial charge is 0.463 e. The lowest BCUT2D eigenvalue weighted by Crippen LogP contribution is -2.11. The average Bonchev–Trinajstić information content (AvgIpc) is 2.73. The second kappa shape index (κ2) is 14.4. The van der Waals surface area contributed by atoms with Crippen molar-refractivity contribution in [3.8, 4) is 6.01 Å². The summed E-state index contributed by atoms with van der Waals surface area (Å²) in [6.07, 6.45) is 8.74. The van der Waals surface area contributed by atoms with Gasteiger partial charge in [-0.2, -0.15) is 4.98 Å². The molecule has 0 saturated heterocycles. The van der Waals surface area contributed by atoms with Crippen LogP contribution in [-0.4, -0.2) is 40.4 Å². The van der Waals surface area contributed by atoms with Crippen molar-refractivity contribution < 1.29 is 4.74 Å². The van der Waals surface area contributed by atoms with Crippen LogP contribution in [-0.2, 0) is 0 Å². The number of allylic oxidation sites excluding steroid dienone is 5. The molecule has 0 bridgehead atoms. The third-order valence-electron chi connectivity index (χ3n) is 4.36. The molecule has 1 aromatic heterocycles. The van der Waals surface area contributed by atoms with Crippen LogP contribution in [0, 0.1) is 19.3 Å². The first-order valence-electron chi connectivity index (χ1n) is 10.4. The van der Waals surface area contributed by atoms with E-state index in [0.717, 1.165) is 39.1 Å². The highest BCUT2D eigenvalue weighted by molar-refractivity contribution is 8.17. The number of anilines is 1. The van der Waals surface area contributed by atoms with Gasteiger partial charge >= 0.3 is 6.01 Å². The van der Waals surface area contributed by atoms with E-state index in [1.807, 2.05) is 46.8 Å². The van der Waals surface area contributed by atoms with E-state index in [0.29, 0.717) is 37.7 Å². The lowest BCUT2D eigenvalue weighted by Gasteiger charge is -2.13. The maximum absolute atomic E-state index is 8.02. The van der Waals surface area contributed by atoms with Gasteiger partial charge in [-0.1, -0.05) is 43.1 Å². The molecular formula is C24H35N5OS. The van der Waals surface area contributed by atoms with Crippen molar-refractivity contribution in [2.45, 2.75) is 47.5 Å². The van der Waals surface area contributed by atoms with Crippen LogP contribution < -0.4 is 10.1 Å². The van der Waals surface area contributed by atoms with Crippen LogP contribution in [0.2, 0.25) is 0 Å². The molecule has 0 radical (unpaired) electrons. The topological polar surface area (TPSA) is 83.2 Å². The fourth-order valence-corrected chi connectivity index (χ4v) is 3.27. The summed E-state index contributed by atoms with van der Waals surface area (Å²) in [4.78, 5) is 14.3. The SMILES string of the molecule is C=CC(/C=C\C(=N)CCCOc1nc(C)c(C)c(NCC(=C)SC(C)=NCC)n1)=C\C. The number of aliphatic imine (C=N–C) groups is 1. The summed E-state index contributed by atoms with van der Waals surface area (Å²) in [5.41, 5.74) is 3.40. The Morgan fingerprint density at radius 1 is 1.29 bits per heavy atom. The predicted octanol–water partition coefficient (Wildman–Crippen LogP) is 6.06. The van der Waals surface area contributed by atoms with Gasteiger partial charge in [0.25, 0.3) is 0 Å². The van der Waals surface area contributed by atoms with Crippen LogP contribution in [0.3, 0.4) is 0 Å². The third-order valence-corrected chi connectivity index (χ3v) is 5.22. The van der Waals surface area contributed by atoms with Gasteiger partial charge in [-0.05, 0) is 59.1 Å². The molecule has 168 valence electrons. The van der Waals surface area contributed by atoms with Gasteiger partial charge in [0.2, 0.25) is 0 Å². The van der Waals surface area contributed by atoms with Gasteiger partial charge in [-0.15, -0.1) is 0 Å². The molecule has 0 fully saturated rings. The molecule has 1 aromatic rings. The normalized spacial score (nSPS) is 12.2. The highest BCUT2D eigenvalue weighted by Gasteiger charge is 2.10. The maximum atomic E-state index is 8.02. The summed E-state index contributed by atoms with van der Waals surface area (Å²) in [5, 5.41) is 12.3. The Hall–Kier alpha value is -2.67. The van der Waals surface area contributed by atoms with Gasteiger partial charge in [-0.3, -0.25) is 4.99 Å². The molecule has 0 amide bonds. The van der Waals surface area contributed by atoms with Crippen molar-refractivity contribution >= 4 is 28.3 Å². The molecule has 0 aliphatic carbocycles. The van der Waals surface area contributed by atoms with Crippen molar-refractivity contribution in [2.24, 2.45) is 4.99 Å². The summed E-state index contributed by atoms with van der Waals surface area (Å²) >= 11 is 1.57. The fourth-order valence-electron chi connectivity index (χ4n) is 2.51. The van der Waals surface area contributed by atoms with E-state index in [4.69, 9.17) is 10.1 Å². The Kier molecular flexibility index (Phi) is 12.2. The summed E-state index contributed by atoms with van der Waals surface area (Å²) in [7, 11) is 0. The van der Waals surface area contributed by atoms with Crippen LogP contribution in [0.4, 0.5) is 5.82 Å². The van der Waals surface area contributed by atoms with E-state index in [2.05, 4.69) is 33.4 Å². The number of hydrogen-bond donors (Lipinski definition) is 2. The quantitative estimate of drug-likeness (QED) is 0.168. The summed E-state index contributed by atoms with van der Waals surface area (Å²) in [5.74, 6) is 0.744. The van der Waals surface area contributed by atoms with E-state index < -0.39 is 0 Å². The molecule has 0 atom stereocenters. The fraction of sp³-hybridized carbons (Fsp3) is 0.417. The smallest absolute Gasteiger partial charge is 0.318 e. The number of thioether (sulfide) groups is 1. The predicted molar refractivity (Wildman–Crippen MR) is 136 cm³/mol. The van der Waals surface area contributed by atoms with Gasteiger partial charge in [-0.25, -0.2) is 4.98 Å². The molecule has 1 rings (SSSR count). The zero-order valence-electron chi connectivity index (χ0n) is 19.4. The minimum absolute atomic E-state index is 0.345. The standard InChI is InChI=1S/C24H35N5OS/c1-8-21(9-2)13-14-22(25)12-11-15-30-24-28-19(6)18(5)23(29-24)27-16-17(4)31-20(7)26-10-3/h8-9,13-14,25H,1,4,10-12,15-16H2,2-3,5-7H3,(H,27,28,29)/b14-13-,21-9+,25-22?,26-20?. The molecule has 0 spiro atoms. The molecule has 2 N–H and O–H groups in total. The Labute approximate surface area is 191 Å². The Balaban J connectivity index is 2.58. The number of nitrogens with zero attached hydrogens (tertiary/aromatic N) is 3. The second-order valence-corrected chi connectivity index (χ2v) is 8.23. The van der Waals surface area contributed by atoms with Crippen molar-refractivity contribution in [3.63, 3.8) is 0 Å². The van der Waals surface area contributed by atoms with Gasteiger partial charge in [0.05, 0.1) is 11.7 Å². The highest BCUT2D eigenvalue weighted by atomic mass is 32.2. The van der Waals surface area contributed by atoms with E-state index >= 15 is 0 Å². The zero-order valence-corrected chi connectivity index (χ0v) is 20.2. The third kappa shape index (κ3) is 10.3. The van der Waals surface area contributed by atoms with Crippen LogP contribution in [0.5, 0.6) is 6.01 Å². The van der Waals surface area contributed by atoms with Crippen LogP contribution >= 0.6 is 11.8 Å². The molecule has 7 heteroatoms. The summed E-state index contributed by atoms with van der Waals surface area (Å²) < 4.78 is 5.75. The Bertz CT molecular complexity index is 871. The van der Waals surface area contributed by atoms with E-state index in [9.17, 15) is 0 Å². The zero-order chi connectivity index (χ0) is 23.2. The molecule has 0 aliphatic rings. The van der Waals surface area contributed by atoms with E-state index in [-0.39, 0.29) is 0 Å². The number of ether oxygens (including phenoxy) is 1. The van der Waals surface area contributed by atoms with Crippen LogP contribution in [0.25, 0.3) is 0 Å². The molecule has 0 unspecified atom stereocenters. The van der Waals surface area contributed by atoms with Gasteiger partial charge in [0.15, 0.2) is 0 Å². The van der Waals surface area contributed by atoms with Crippen LogP contribution in [0.15, 0.2) is 52.9 Å².